The van der Waals surface area contributed by atoms with Crippen LogP contribution in [-0.2, 0) is 6.54 Å². The number of hydrogen-bond acceptors (Lipinski definition) is 8. The van der Waals surface area contributed by atoms with E-state index < -0.39 is 0 Å². The number of para-hydroxylation sites is 1. The standard InChI is InChI=1S/C32H37NO7/c1-33(21-23-11-7-8-12-26(23)36-2)17-9-5-6-10-18-39-24-15-13-22(14-16-24)27-19-25(34)30-28(40-27)20-29(37-3)32(38-4)31(30)35/h7-8,11-16,19-20,35H,5-6,9-10,17-18,21H2,1-4H3. The van der Waals surface area contributed by atoms with Gasteiger partial charge in [0.1, 0.15) is 28.2 Å². The molecule has 0 unspecified atom stereocenters. The molecule has 0 aliphatic heterocycles. The minimum absolute atomic E-state index is 0.0458. The number of rotatable bonds is 14. The second-order valence-electron chi connectivity index (χ2n) is 9.65. The lowest BCUT2D eigenvalue weighted by Gasteiger charge is -2.18. The molecule has 1 aromatic heterocycles. The van der Waals surface area contributed by atoms with E-state index in [1.807, 2.05) is 42.5 Å². The summed E-state index contributed by atoms with van der Waals surface area (Å²) in [6.07, 6.45) is 4.36. The van der Waals surface area contributed by atoms with Crippen LogP contribution in [0.5, 0.6) is 28.7 Å². The van der Waals surface area contributed by atoms with E-state index in [9.17, 15) is 9.90 Å². The van der Waals surface area contributed by atoms with Crippen molar-refractivity contribution in [2.45, 2.75) is 32.2 Å². The fraction of sp³-hybridized carbons (Fsp3) is 0.344. The second kappa shape index (κ2) is 13.8. The van der Waals surface area contributed by atoms with Crippen LogP contribution in [0.4, 0.5) is 0 Å². The third-order valence-electron chi connectivity index (χ3n) is 6.81. The molecule has 1 heterocycles. The minimum Gasteiger partial charge on any atom is -0.504 e. The molecule has 0 radical (unpaired) electrons. The summed E-state index contributed by atoms with van der Waals surface area (Å²) in [5, 5.41) is 10.5. The van der Waals surface area contributed by atoms with Gasteiger partial charge in [-0.05, 0) is 56.8 Å². The van der Waals surface area contributed by atoms with Crippen molar-refractivity contribution in [2.24, 2.45) is 0 Å². The smallest absolute Gasteiger partial charge is 0.204 e. The van der Waals surface area contributed by atoms with Crippen LogP contribution in [0.2, 0.25) is 0 Å². The van der Waals surface area contributed by atoms with E-state index in [0.717, 1.165) is 55.8 Å². The molecule has 212 valence electrons. The van der Waals surface area contributed by atoms with E-state index in [1.54, 1.807) is 7.11 Å². The summed E-state index contributed by atoms with van der Waals surface area (Å²) in [6, 6.07) is 18.4. The molecule has 0 spiro atoms. The first-order chi connectivity index (χ1) is 19.4. The highest BCUT2D eigenvalue weighted by atomic mass is 16.5. The fourth-order valence-corrected chi connectivity index (χ4v) is 4.70. The fourth-order valence-electron chi connectivity index (χ4n) is 4.70. The van der Waals surface area contributed by atoms with Crippen molar-refractivity contribution in [1.29, 1.82) is 0 Å². The quantitative estimate of drug-likeness (QED) is 0.185. The molecule has 0 atom stereocenters. The van der Waals surface area contributed by atoms with Crippen LogP contribution in [0.3, 0.4) is 0 Å². The van der Waals surface area contributed by atoms with E-state index >= 15 is 0 Å². The highest BCUT2D eigenvalue weighted by Crippen LogP contribution is 2.42. The van der Waals surface area contributed by atoms with E-state index in [0.29, 0.717) is 12.4 Å². The molecule has 0 aliphatic carbocycles. The van der Waals surface area contributed by atoms with Crippen molar-refractivity contribution in [3.8, 4) is 40.1 Å². The zero-order valence-corrected chi connectivity index (χ0v) is 23.6. The molecule has 0 saturated heterocycles. The van der Waals surface area contributed by atoms with Gasteiger partial charge in [0.05, 0.1) is 27.9 Å². The zero-order chi connectivity index (χ0) is 28.5. The van der Waals surface area contributed by atoms with Gasteiger partial charge in [-0.3, -0.25) is 4.79 Å². The first-order valence-electron chi connectivity index (χ1n) is 13.4. The Balaban J connectivity index is 1.24. The topological polar surface area (TPSA) is 90.6 Å². The van der Waals surface area contributed by atoms with E-state index in [1.165, 1.54) is 31.9 Å². The molecule has 8 nitrogen and oxygen atoms in total. The molecule has 4 aromatic rings. The summed E-state index contributed by atoms with van der Waals surface area (Å²) in [5.74, 6) is 2.13. The Morgan fingerprint density at radius 1 is 0.850 bits per heavy atom. The molecule has 8 heteroatoms. The van der Waals surface area contributed by atoms with Gasteiger partial charge in [0, 0.05) is 29.8 Å². The lowest BCUT2D eigenvalue weighted by molar-refractivity contribution is 0.292. The Kier molecular flexibility index (Phi) is 9.91. The van der Waals surface area contributed by atoms with Crippen LogP contribution in [0.25, 0.3) is 22.3 Å². The number of phenols is 1. The van der Waals surface area contributed by atoms with Crippen LogP contribution in [0.1, 0.15) is 31.2 Å². The molecular formula is C32H37NO7. The Hall–Kier alpha value is -4.17. The van der Waals surface area contributed by atoms with Crippen molar-refractivity contribution in [2.75, 3.05) is 41.5 Å². The van der Waals surface area contributed by atoms with Gasteiger partial charge in [0.2, 0.25) is 5.75 Å². The summed E-state index contributed by atoms with van der Waals surface area (Å²) in [7, 11) is 6.70. The molecule has 3 aromatic carbocycles. The first kappa shape index (κ1) is 28.8. The second-order valence-corrected chi connectivity index (χ2v) is 9.65. The number of nitrogens with zero attached hydrogens (tertiary/aromatic N) is 1. The van der Waals surface area contributed by atoms with E-state index in [4.69, 9.17) is 23.4 Å². The minimum atomic E-state index is -0.374. The van der Waals surface area contributed by atoms with Crippen LogP contribution >= 0.6 is 0 Å². The first-order valence-corrected chi connectivity index (χ1v) is 13.4. The SMILES string of the molecule is COc1ccccc1CN(C)CCCCCCOc1ccc(-c2cc(=O)c3c(O)c(OC)c(OC)cc3o2)cc1. The normalized spacial score (nSPS) is 11.1. The van der Waals surface area contributed by atoms with Crippen molar-refractivity contribution in [1.82, 2.24) is 4.90 Å². The number of aromatic hydroxyl groups is 1. The van der Waals surface area contributed by atoms with Gasteiger partial charge in [0.25, 0.3) is 0 Å². The third kappa shape index (κ3) is 6.87. The molecule has 0 saturated carbocycles. The van der Waals surface area contributed by atoms with Crippen LogP contribution in [0.15, 0.2) is 69.9 Å². The summed E-state index contributed by atoms with van der Waals surface area (Å²) in [4.78, 5) is 15.1. The van der Waals surface area contributed by atoms with Gasteiger partial charge in [-0.25, -0.2) is 0 Å². The molecule has 0 amide bonds. The van der Waals surface area contributed by atoms with Gasteiger partial charge in [0.15, 0.2) is 16.9 Å². The summed E-state index contributed by atoms with van der Waals surface area (Å²) in [6.45, 7) is 2.55. The van der Waals surface area contributed by atoms with Gasteiger partial charge >= 0.3 is 0 Å². The number of hydrogen-bond donors (Lipinski definition) is 1. The molecule has 1 N–H and O–H groups in total. The summed E-state index contributed by atoms with van der Waals surface area (Å²) in [5.41, 5.74) is 1.76. The number of ether oxygens (including phenoxy) is 4. The van der Waals surface area contributed by atoms with E-state index in [2.05, 4.69) is 18.0 Å². The highest BCUT2D eigenvalue weighted by molar-refractivity contribution is 5.89. The Labute approximate surface area is 234 Å². The number of benzene rings is 3. The largest absolute Gasteiger partial charge is 0.504 e. The average Bonchev–Trinajstić information content (AvgIpc) is 2.96. The number of unbranched alkanes of at least 4 members (excludes halogenated alkanes) is 3. The molecule has 40 heavy (non-hydrogen) atoms. The maximum atomic E-state index is 12.8. The lowest BCUT2D eigenvalue weighted by Crippen LogP contribution is -2.19. The predicted octanol–water partition coefficient (Wildman–Crippen LogP) is 6.26. The van der Waals surface area contributed by atoms with Crippen molar-refractivity contribution >= 4 is 11.0 Å². The van der Waals surface area contributed by atoms with Crippen molar-refractivity contribution < 1.29 is 28.5 Å². The van der Waals surface area contributed by atoms with Gasteiger partial charge in [-0.1, -0.05) is 31.0 Å². The molecular weight excluding hydrogens is 510 g/mol. The number of methoxy groups -OCH3 is 3. The average molecular weight is 548 g/mol. The van der Waals surface area contributed by atoms with Crippen LogP contribution < -0.4 is 24.4 Å². The van der Waals surface area contributed by atoms with Crippen LogP contribution in [0, 0.1) is 0 Å². The molecule has 0 aliphatic rings. The van der Waals surface area contributed by atoms with E-state index in [-0.39, 0.29) is 33.6 Å². The van der Waals surface area contributed by atoms with Crippen molar-refractivity contribution in [3.05, 3.63) is 76.5 Å². The Bertz CT molecular complexity index is 1460. The zero-order valence-electron chi connectivity index (χ0n) is 23.6. The summed E-state index contributed by atoms with van der Waals surface area (Å²) < 4.78 is 27.7. The Morgan fingerprint density at radius 3 is 2.30 bits per heavy atom. The molecule has 4 rings (SSSR count). The maximum Gasteiger partial charge on any atom is 0.204 e. The highest BCUT2D eigenvalue weighted by Gasteiger charge is 2.19. The van der Waals surface area contributed by atoms with Crippen LogP contribution in [-0.4, -0.2) is 51.5 Å². The number of phenolic OH excluding ortho intramolecular Hbond substituents is 1. The third-order valence-corrected chi connectivity index (χ3v) is 6.81. The number of fused-ring (bicyclic) bond motifs is 1. The van der Waals surface area contributed by atoms with Gasteiger partial charge < -0.3 is 33.4 Å². The van der Waals surface area contributed by atoms with Gasteiger partial charge in [-0.15, -0.1) is 0 Å². The monoisotopic (exact) mass is 547 g/mol. The molecule has 0 fully saturated rings. The Morgan fingerprint density at radius 2 is 1.57 bits per heavy atom. The van der Waals surface area contributed by atoms with Gasteiger partial charge in [-0.2, -0.15) is 0 Å². The lowest BCUT2D eigenvalue weighted by atomic mass is 10.1. The van der Waals surface area contributed by atoms with Crippen molar-refractivity contribution in [3.63, 3.8) is 0 Å². The molecule has 0 bridgehead atoms. The summed E-state index contributed by atoms with van der Waals surface area (Å²) >= 11 is 0. The maximum absolute atomic E-state index is 12.8. The predicted molar refractivity (Wildman–Crippen MR) is 156 cm³/mol.